The molecule has 1 rings (SSSR count). The van der Waals surface area contributed by atoms with E-state index in [0.29, 0.717) is 24.2 Å². The van der Waals surface area contributed by atoms with Gasteiger partial charge in [0.05, 0.1) is 12.7 Å². The first-order valence-corrected chi connectivity index (χ1v) is 6.15. The van der Waals surface area contributed by atoms with Gasteiger partial charge in [0.2, 0.25) is 0 Å². The van der Waals surface area contributed by atoms with Gasteiger partial charge in [-0.05, 0) is 24.3 Å². The number of carboxylic acid groups (broad SMARTS) is 1. The topological polar surface area (TPSA) is 63.6 Å². The molecule has 0 fully saturated rings. The van der Waals surface area contributed by atoms with Gasteiger partial charge in [-0.1, -0.05) is 12.1 Å². The van der Waals surface area contributed by atoms with Crippen LogP contribution in [-0.2, 0) is 9.53 Å². The second-order valence-electron chi connectivity index (χ2n) is 3.33. The van der Waals surface area contributed by atoms with E-state index in [0.717, 1.165) is 4.90 Å². The Morgan fingerprint density at radius 2 is 2.06 bits per heavy atom. The summed E-state index contributed by atoms with van der Waals surface area (Å²) < 4.78 is 4.52. The molecule has 0 spiro atoms. The first kappa shape index (κ1) is 13.6. The van der Waals surface area contributed by atoms with E-state index in [4.69, 9.17) is 5.11 Å². The number of ether oxygens (including phenoxy) is 1. The Morgan fingerprint density at radius 3 is 2.71 bits per heavy atom. The summed E-state index contributed by atoms with van der Waals surface area (Å²) in [5.41, 5.74) is 0.301. The number of thioether (sulfide) groups is 1. The summed E-state index contributed by atoms with van der Waals surface area (Å²) in [4.78, 5) is 22.5. The van der Waals surface area contributed by atoms with Crippen LogP contribution in [0.1, 0.15) is 23.2 Å². The van der Waals surface area contributed by atoms with Crippen LogP contribution in [0.4, 0.5) is 0 Å². The van der Waals surface area contributed by atoms with Crippen LogP contribution in [0.5, 0.6) is 0 Å². The van der Waals surface area contributed by atoms with E-state index >= 15 is 0 Å². The molecule has 4 nitrogen and oxygen atoms in total. The molecule has 0 amide bonds. The van der Waals surface area contributed by atoms with Gasteiger partial charge in [-0.2, -0.15) is 0 Å². The van der Waals surface area contributed by atoms with Crippen molar-refractivity contribution in [2.45, 2.75) is 17.7 Å². The van der Waals surface area contributed by atoms with E-state index < -0.39 is 5.97 Å². The number of carbonyl (C=O) groups is 2. The highest BCUT2D eigenvalue weighted by Gasteiger charge is 2.09. The number of hydrogen-bond donors (Lipinski definition) is 1. The Morgan fingerprint density at radius 1 is 1.35 bits per heavy atom. The van der Waals surface area contributed by atoms with Crippen molar-refractivity contribution in [1.82, 2.24) is 0 Å². The highest BCUT2D eigenvalue weighted by Crippen LogP contribution is 2.23. The minimum Gasteiger partial charge on any atom is -0.478 e. The minimum atomic E-state index is -0.930. The molecular weight excluding hydrogens is 240 g/mol. The molecule has 0 aliphatic rings. The number of carbonyl (C=O) groups excluding carboxylic acids is 1. The van der Waals surface area contributed by atoms with Gasteiger partial charge in [0.15, 0.2) is 0 Å². The minimum absolute atomic E-state index is 0.239. The lowest BCUT2D eigenvalue weighted by Gasteiger charge is -2.04. The van der Waals surface area contributed by atoms with Gasteiger partial charge in [0.25, 0.3) is 0 Å². The summed E-state index contributed by atoms with van der Waals surface area (Å²) in [6.07, 6.45) is 1.03. The van der Waals surface area contributed by atoms with Crippen molar-refractivity contribution in [2.24, 2.45) is 0 Å². The highest BCUT2D eigenvalue weighted by molar-refractivity contribution is 7.99. The van der Waals surface area contributed by atoms with Crippen LogP contribution in [0.3, 0.4) is 0 Å². The lowest BCUT2D eigenvalue weighted by Crippen LogP contribution is -2.01. The second-order valence-corrected chi connectivity index (χ2v) is 4.47. The number of benzene rings is 1. The zero-order valence-electron chi connectivity index (χ0n) is 9.51. The van der Waals surface area contributed by atoms with Crippen LogP contribution in [-0.4, -0.2) is 29.9 Å². The van der Waals surface area contributed by atoms with Crippen molar-refractivity contribution >= 4 is 23.7 Å². The van der Waals surface area contributed by atoms with E-state index in [1.54, 1.807) is 24.3 Å². The maximum Gasteiger partial charge on any atom is 0.336 e. The average molecular weight is 254 g/mol. The van der Waals surface area contributed by atoms with Gasteiger partial charge in [0.1, 0.15) is 0 Å². The molecule has 0 aromatic heterocycles. The number of hydrogen-bond acceptors (Lipinski definition) is 4. The van der Waals surface area contributed by atoms with Crippen LogP contribution < -0.4 is 0 Å². The van der Waals surface area contributed by atoms with E-state index in [1.807, 2.05) is 0 Å². The summed E-state index contributed by atoms with van der Waals surface area (Å²) in [6, 6.07) is 6.84. The zero-order valence-corrected chi connectivity index (χ0v) is 10.3. The Kier molecular flexibility index (Phi) is 5.56. The van der Waals surface area contributed by atoms with Crippen molar-refractivity contribution in [3.63, 3.8) is 0 Å². The smallest absolute Gasteiger partial charge is 0.336 e. The lowest BCUT2D eigenvalue weighted by atomic mass is 10.2. The number of rotatable bonds is 6. The van der Waals surface area contributed by atoms with Crippen molar-refractivity contribution in [3.05, 3.63) is 29.8 Å². The number of methoxy groups -OCH3 is 1. The maximum atomic E-state index is 10.9. The Bertz CT molecular complexity index is 403. The third kappa shape index (κ3) is 4.48. The van der Waals surface area contributed by atoms with Gasteiger partial charge in [-0.3, -0.25) is 4.79 Å². The van der Waals surface area contributed by atoms with Crippen LogP contribution >= 0.6 is 11.8 Å². The average Bonchev–Trinajstić information content (AvgIpc) is 2.34. The molecule has 5 heteroatoms. The lowest BCUT2D eigenvalue weighted by molar-refractivity contribution is -0.140. The summed E-state index contributed by atoms with van der Waals surface area (Å²) in [7, 11) is 1.36. The summed E-state index contributed by atoms with van der Waals surface area (Å²) in [5.74, 6) is -0.475. The summed E-state index contributed by atoms with van der Waals surface area (Å²) in [6.45, 7) is 0. The van der Waals surface area contributed by atoms with Crippen LogP contribution in [0.25, 0.3) is 0 Å². The molecule has 1 aromatic rings. The van der Waals surface area contributed by atoms with E-state index in [9.17, 15) is 9.59 Å². The molecule has 1 aromatic carbocycles. The first-order valence-electron chi connectivity index (χ1n) is 5.17. The third-order valence-corrected chi connectivity index (χ3v) is 3.29. The van der Waals surface area contributed by atoms with Crippen LogP contribution in [0.15, 0.2) is 29.2 Å². The van der Waals surface area contributed by atoms with Gasteiger partial charge in [-0.25, -0.2) is 4.79 Å². The van der Waals surface area contributed by atoms with Crippen LogP contribution in [0, 0.1) is 0 Å². The molecule has 92 valence electrons. The van der Waals surface area contributed by atoms with Gasteiger partial charge in [-0.15, -0.1) is 11.8 Å². The summed E-state index contributed by atoms with van der Waals surface area (Å²) in [5, 5.41) is 8.96. The molecular formula is C12H14O4S. The molecule has 1 N–H and O–H groups in total. The predicted molar refractivity (Wildman–Crippen MR) is 65.4 cm³/mol. The van der Waals surface area contributed by atoms with Gasteiger partial charge in [0, 0.05) is 11.3 Å². The molecule has 0 aliphatic heterocycles. The molecule has 0 heterocycles. The van der Waals surface area contributed by atoms with Crippen molar-refractivity contribution in [3.8, 4) is 0 Å². The SMILES string of the molecule is COC(=O)CCCSc1ccccc1C(=O)O. The predicted octanol–water partition coefficient (Wildman–Crippen LogP) is 2.43. The molecule has 0 bridgehead atoms. The normalized spacial score (nSPS) is 9.94. The Labute approximate surface area is 104 Å². The van der Waals surface area contributed by atoms with Crippen molar-refractivity contribution in [2.75, 3.05) is 12.9 Å². The Balaban J connectivity index is 2.46. The maximum absolute atomic E-state index is 10.9. The quantitative estimate of drug-likeness (QED) is 0.480. The van der Waals surface area contributed by atoms with E-state index in [2.05, 4.69) is 4.74 Å². The zero-order chi connectivity index (χ0) is 12.7. The van der Waals surface area contributed by atoms with Crippen molar-refractivity contribution in [1.29, 1.82) is 0 Å². The molecule has 17 heavy (non-hydrogen) atoms. The monoisotopic (exact) mass is 254 g/mol. The fraction of sp³-hybridized carbons (Fsp3) is 0.333. The highest BCUT2D eigenvalue weighted by atomic mass is 32.2. The molecule has 0 saturated heterocycles. The fourth-order valence-corrected chi connectivity index (χ4v) is 2.26. The van der Waals surface area contributed by atoms with Gasteiger partial charge >= 0.3 is 11.9 Å². The van der Waals surface area contributed by atoms with Crippen LogP contribution in [0.2, 0.25) is 0 Å². The molecule has 0 saturated carbocycles. The first-order chi connectivity index (χ1) is 8.15. The molecule has 0 radical (unpaired) electrons. The Hall–Kier alpha value is -1.49. The summed E-state index contributed by atoms with van der Waals surface area (Å²) >= 11 is 1.44. The van der Waals surface area contributed by atoms with E-state index in [-0.39, 0.29) is 5.97 Å². The fourth-order valence-electron chi connectivity index (χ4n) is 1.27. The van der Waals surface area contributed by atoms with Crippen molar-refractivity contribution < 1.29 is 19.4 Å². The second kappa shape index (κ2) is 6.96. The number of esters is 1. The standard InChI is InChI=1S/C12H14O4S/c1-16-11(13)7-4-8-17-10-6-3-2-5-9(10)12(14)15/h2-3,5-6H,4,7-8H2,1H3,(H,14,15). The number of carboxylic acids is 1. The molecule has 0 atom stereocenters. The molecule has 0 aliphatic carbocycles. The third-order valence-electron chi connectivity index (χ3n) is 2.13. The number of aromatic carboxylic acids is 1. The molecule has 0 unspecified atom stereocenters. The largest absolute Gasteiger partial charge is 0.478 e. The van der Waals surface area contributed by atoms with E-state index in [1.165, 1.54) is 18.9 Å². The van der Waals surface area contributed by atoms with Gasteiger partial charge < -0.3 is 9.84 Å².